The number of aliphatic hydroxyl groups is 1. The summed E-state index contributed by atoms with van der Waals surface area (Å²) in [6.07, 6.45) is 2.80. The van der Waals surface area contributed by atoms with Crippen molar-refractivity contribution in [2.45, 2.75) is 51.7 Å². The van der Waals surface area contributed by atoms with E-state index in [2.05, 4.69) is 5.32 Å². The van der Waals surface area contributed by atoms with Crippen LogP contribution in [0.1, 0.15) is 37.1 Å². The van der Waals surface area contributed by atoms with Gasteiger partial charge in [-0.1, -0.05) is 23.2 Å². The highest BCUT2D eigenvalue weighted by Gasteiger charge is 2.24. The third-order valence-electron chi connectivity index (χ3n) is 6.13. The molecule has 1 fully saturated rings. The lowest BCUT2D eigenvalue weighted by atomic mass is 9.93. The van der Waals surface area contributed by atoms with Gasteiger partial charge in [0.1, 0.15) is 11.6 Å². The minimum Gasteiger partial charge on any atom is -0.497 e. The van der Waals surface area contributed by atoms with Crippen molar-refractivity contribution in [3.8, 4) is 16.9 Å². The largest absolute Gasteiger partial charge is 0.497 e. The summed E-state index contributed by atoms with van der Waals surface area (Å²) in [7, 11) is 1.57. The van der Waals surface area contributed by atoms with Crippen LogP contribution in [0.3, 0.4) is 0 Å². The Morgan fingerprint density at radius 2 is 1.79 bits per heavy atom. The maximum absolute atomic E-state index is 10.4. The first-order valence-electron chi connectivity index (χ1n) is 11.1. The highest BCUT2D eigenvalue weighted by Crippen LogP contribution is 2.41. The number of hydroxylamine groups is 2. The van der Waals surface area contributed by atoms with Crippen LogP contribution in [0.15, 0.2) is 18.2 Å². The highest BCUT2D eigenvalue weighted by molar-refractivity contribution is 6.39. The number of halogens is 2. The molecule has 0 saturated heterocycles. The molecule has 2 heterocycles. The average Bonchev–Trinajstić information content (AvgIpc) is 3.09. The zero-order valence-electron chi connectivity index (χ0n) is 19.0. The van der Waals surface area contributed by atoms with Gasteiger partial charge in [-0.25, -0.2) is 4.98 Å². The molecule has 3 N–H and O–H groups in total. The summed E-state index contributed by atoms with van der Waals surface area (Å²) in [6.45, 7) is 4.78. The number of nitrogens with zero attached hydrogens (tertiary/aromatic N) is 4. The molecule has 1 aliphatic carbocycles. The van der Waals surface area contributed by atoms with Crippen LogP contribution >= 0.6 is 23.2 Å². The quantitative estimate of drug-likeness (QED) is 0.409. The van der Waals surface area contributed by atoms with Gasteiger partial charge < -0.3 is 20.4 Å². The van der Waals surface area contributed by atoms with Crippen LogP contribution in [-0.4, -0.2) is 62.3 Å². The van der Waals surface area contributed by atoms with E-state index in [1.807, 2.05) is 19.9 Å². The predicted molar refractivity (Wildman–Crippen MR) is 130 cm³/mol. The number of aliphatic hydroxyl groups excluding tert-OH is 1. The van der Waals surface area contributed by atoms with Crippen molar-refractivity contribution in [2.75, 3.05) is 25.5 Å². The van der Waals surface area contributed by atoms with Crippen LogP contribution in [0, 0.1) is 13.8 Å². The van der Waals surface area contributed by atoms with E-state index < -0.39 is 0 Å². The van der Waals surface area contributed by atoms with Gasteiger partial charge in [-0.05, 0) is 51.7 Å². The Kier molecular flexibility index (Phi) is 7.31. The zero-order valence-corrected chi connectivity index (χ0v) is 20.5. The van der Waals surface area contributed by atoms with Crippen molar-refractivity contribution in [3.05, 3.63) is 39.6 Å². The van der Waals surface area contributed by atoms with Crippen LogP contribution < -0.4 is 10.1 Å². The molecular formula is C23H29Cl2N5O3. The second-order valence-electron chi connectivity index (χ2n) is 8.50. The van der Waals surface area contributed by atoms with E-state index in [1.165, 1.54) is 5.06 Å². The van der Waals surface area contributed by atoms with Crippen molar-refractivity contribution < 1.29 is 15.1 Å². The molecule has 10 heteroatoms. The molecule has 0 atom stereocenters. The molecule has 0 spiro atoms. The molecule has 0 bridgehead atoms. The van der Waals surface area contributed by atoms with Gasteiger partial charge in [-0.2, -0.15) is 14.7 Å². The topological polar surface area (TPSA) is 95.2 Å². The Labute approximate surface area is 203 Å². The summed E-state index contributed by atoms with van der Waals surface area (Å²) in [6, 6.07) is 5.44. The van der Waals surface area contributed by atoms with Gasteiger partial charge in [-0.15, -0.1) is 0 Å². The Morgan fingerprint density at radius 1 is 1.12 bits per heavy atom. The second kappa shape index (κ2) is 10.0. The van der Waals surface area contributed by atoms with Gasteiger partial charge in [0.05, 0.1) is 34.5 Å². The van der Waals surface area contributed by atoms with E-state index in [0.29, 0.717) is 40.1 Å². The molecule has 178 valence electrons. The Bertz CT molecular complexity index is 1120. The molecule has 1 aromatic carbocycles. The molecule has 3 aromatic rings. The number of aryl methyl sites for hydroxylation is 2. The van der Waals surface area contributed by atoms with E-state index in [9.17, 15) is 10.3 Å². The fourth-order valence-electron chi connectivity index (χ4n) is 4.41. The number of hydrogen-bond donors (Lipinski definition) is 3. The molecule has 0 radical (unpaired) electrons. The third kappa shape index (κ3) is 5.05. The Hall–Kier alpha value is -2.10. The van der Waals surface area contributed by atoms with Crippen LogP contribution in [0.4, 0.5) is 5.82 Å². The van der Waals surface area contributed by atoms with E-state index in [4.69, 9.17) is 38.0 Å². The molecule has 0 aliphatic heterocycles. The van der Waals surface area contributed by atoms with Crippen molar-refractivity contribution in [3.63, 3.8) is 0 Å². The molecule has 0 amide bonds. The summed E-state index contributed by atoms with van der Waals surface area (Å²) in [5.41, 5.74) is 3.63. The van der Waals surface area contributed by atoms with Crippen LogP contribution in [0.5, 0.6) is 5.75 Å². The smallest absolute Gasteiger partial charge is 0.165 e. The van der Waals surface area contributed by atoms with Crippen LogP contribution in [0.25, 0.3) is 16.8 Å². The number of ether oxygens (including phenoxy) is 1. The number of hydrogen-bond acceptors (Lipinski definition) is 7. The normalized spacial score (nSPS) is 18.8. The maximum atomic E-state index is 10.4. The van der Waals surface area contributed by atoms with Gasteiger partial charge in [-0.3, -0.25) is 0 Å². The fourth-order valence-corrected chi connectivity index (χ4v) is 5.06. The maximum Gasteiger partial charge on any atom is 0.165 e. The molecule has 33 heavy (non-hydrogen) atoms. The summed E-state index contributed by atoms with van der Waals surface area (Å²) < 4.78 is 7.01. The summed E-state index contributed by atoms with van der Waals surface area (Å²) in [4.78, 5) is 4.71. The highest BCUT2D eigenvalue weighted by atomic mass is 35.5. The first-order valence-corrected chi connectivity index (χ1v) is 11.8. The number of methoxy groups -OCH3 is 1. The van der Waals surface area contributed by atoms with Gasteiger partial charge >= 0.3 is 0 Å². The van der Waals surface area contributed by atoms with Crippen molar-refractivity contribution >= 4 is 34.7 Å². The summed E-state index contributed by atoms with van der Waals surface area (Å²) in [5, 5.41) is 30.5. The molecule has 4 rings (SSSR count). The number of benzene rings is 1. The Balaban J connectivity index is 1.59. The average molecular weight is 494 g/mol. The van der Waals surface area contributed by atoms with E-state index in [0.717, 1.165) is 48.5 Å². The number of nitrogens with one attached hydrogen (secondary N) is 1. The zero-order chi connectivity index (χ0) is 23.7. The van der Waals surface area contributed by atoms with E-state index in [-0.39, 0.29) is 12.1 Å². The third-order valence-corrected chi connectivity index (χ3v) is 6.72. The van der Waals surface area contributed by atoms with Crippen molar-refractivity contribution in [1.82, 2.24) is 19.7 Å². The van der Waals surface area contributed by atoms with Crippen LogP contribution in [0.2, 0.25) is 10.0 Å². The van der Waals surface area contributed by atoms with Crippen LogP contribution in [-0.2, 0) is 0 Å². The Morgan fingerprint density at radius 3 is 2.42 bits per heavy atom. The first-order chi connectivity index (χ1) is 15.8. The fraction of sp³-hybridized carbons (Fsp3) is 0.478. The molecule has 0 unspecified atom stereocenters. The summed E-state index contributed by atoms with van der Waals surface area (Å²) >= 11 is 13.1. The van der Waals surface area contributed by atoms with E-state index >= 15 is 0 Å². The lowest BCUT2D eigenvalue weighted by molar-refractivity contribution is -0.137. The van der Waals surface area contributed by atoms with Gasteiger partial charge in [0.25, 0.3) is 0 Å². The number of fused-ring (bicyclic) bond motifs is 1. The monoisotopic (exact) mass is 493 g/mol. The first kappa shape index (κ1) is 24.0. The minimum atomic E-state index is -0.245. The SMILES string of the molecule is COc1cc(Cl)c(-c2c(C)nn3c(NCCN(O)C4CCC(O)CC4)cc(C)nc23)c(Cl)c1. The van der Waals surface area contributed by atoms with Gasteiger partial charge in [0.15, 0.2) is 5.65 Å². The number of aromatic nitrogens is 3. The van der Waals surface area contributed by atoms with Gasteiger partial charge in [0, 0.05) is 36.5 Å². The molecule has 1 saturated carbocycles. The summed E-state index contributed by atoms with van der Waals surface area (Å²) in [5.74, 6) is 1.34. The molecule has 8 nitrogen and oxygen atoms in total. The number of anilines is 1. The lowest BCUT2D eigenvalue weighted by Crippen LogP contribution is -2.39. The second-order valence-corrected chi connectivity index (χ2v) is 9.31. The number of rotatable bonds is 7. The van der Waals surface area contributed by atoms with E-state index in [1.54, 1.807) is 23.8 Å². The van der Waals surface area contributed by atoms with Crippen molar-refractivity contribution in [1.29, 1.82) is 0 Å². The molecule has 2 aromatic heterocycles. The molecular weight excluding hydrogens is 465 g/mol. The minimum absolute atomic E-state index is 0.0762. The molecule has 1 aliphatic rings. The van der Waals surface area contributed by atoms with Crippen molar-refractivity contribution in [2.24, 2.45) is 0 Å². The standard InChI is InChI=1S/C23H29Cl2N5O3/c1-13-10-20(26-8-9-29(32)15-4-6-16(31)7-5-15)30-23(27-13)21(14(2)28-30)22-18(24)11-17(33-3)12-19(22)25/h10-12,15-16,26,31-32H,4-9H2,1-3H3. The predicted octanol–water partition coefficient (Wildman–Crippen LogP) is 4.74. The lowest BCUT2D eigenvalue weighted by Gasteiger charge is -2.31. The van der Waals surface area contributed by atoms with Gasteiger partial charge in [0.2, 0.25) is 0 Å².